The molecule has 0 atom stereocenters. The van der Waals surface area contributed by atoms with Crippen LogP contribution >= 0.6 is 0 Å². The highest BCUT2D eigenvalue weighted by atomic mass is 16.3. The molecular formula is C8H12NO. The molecule has 0 fully saturated rings. The van der Waals surface area contributed by atoms with Gasteiger partial charge in [0, 0.05) is 12.1 Å². The smallest absolute Gasteiger partial charge is 0.0861 e. The molecule has 0 bridgehead atoms. The Morgan fingerprint density at radius 3 is 2.70 bits per heavy atom. The number of hydrogen-bond donors (Lipinski definition) is 2. The summed E-state index contributed by atoms with van der Waals surface area (Å²) in [6.07, 6.45) is 6.74. The van der Waals surface area contributed by atoms with Crippen LogP contribution in [0.1, 0.15) is 13.8 Å². The molecule has 0 spiro atoms. The summed E-state index contributed by atoms with van der Waals surface area (Å²) >= 11 is 0. The Kier molecular flexibility index (Phi) is 1.81. The van der Waals surface area contributed by atoms with Crippen LogP contribution in [0.25, 0.3) is 0 Å². The summed E-state index contributed by atoms with van der Waals surface area (Å²) in [5.41, 5.74) is 0.0305. The molecule has 2 nitrogen and oxygen atoms in total. The Bertz CT molecular complexity index is 174. The van der Waals surface area contributed by atoms with Crippen LogP contribution in [0, 0.1) is 6.20 Å². The van der Waals surface area contributed by atoms with E-state index in [1.54, 1.807) is 13.8 Å². The van der Waals surface area contributed by atoms with Gasteiger partial charge in [-0.05, 0) is 13.8 Å². The third-order valence-electron chi connectivity index (χ3n) is 1.39. The van der Waals surface area contributed by atoms with Crippen LogP contribution < -0.4 is 5.32 Å². The lowest BCUT2D eigenvalue weighted by molar-refractivity contribution is 0.122. The fourth-order valence-electron chi connectivity index (χ4n) is 0.781. The maximum absolute atomic E-state index is 9.45. The van der Waals surface area contributed by atoms with E-state index in [0.717, 1.165) is 12.1 Å². The summed E-state index contributed by atoms with van der Waals surface area (Å²) in [4.78, 5) is 0. The minimum absolute atomic E-state index is 0.774. The number of nitrogens with one attached hydrogen (secondary N) is 1. The van der Waals surface area contributed by atoms with Gasteiger partial charge in [0.05, 0.1) is 11.8 Å². The monoisotopic (exact) mass is 138 g/mol. The van der Waals surface area contributed by atoms with Gasteiger partial charge in [-0.2, -0.15) is 0 Å². The summed E-state index contributed by atoms with van der Waals surface area (Å²) in [6.45, 7) is 4.29. The van der Waals surface area contributed by atoms with Crippen LogP contribution in [0.5, 0.6) is 0 Å². The maximum atomic E-state index is 9.45. The SMILES string of the molecule is CC(C)(O)C1=[C]NCC=C1. The summed E-state index contributed by atoms with van der Waals surface area (Å²) in [7, 11) is 0. The first-order chi connectivity index (χ1) is 4.61. The highest BCUT2D eigenvalue weighted by Crippen LogP contribution is 2.16. The van der Waals surface area contributed by atoms with Crippen LogP contribution in [-0.4, -0.2) is 17.3 Å². The van der Waals surface area contributed by atoms with Crippen molar-refractivity contribution in [2.75, 3.05) is 6.54 Å². The second-order valence-corrected chi connectivity index (χ2v) is 2.88. The summed E-state index contributed by atoms with van der Waals surface area (Å²) in [5, 5.41) is 12.4. The molecule has 10 heavy (non-hydrogen) atoms. The highest BCUT2D eigenvalue weighted by Gasteiger charge is 2.17. The van der Waals surface area contributed by atoms with E-state index in [1.165, 1.54) is 0 Å². The van der Waals surface area contributed by atoms with Crippen molar-refractivity contribution < 1.29 is 5.11 Å². The minimum Gasteiger partial charge on any atom is -0.386 e. The summed E-state index contributed by atoms with van der Waals surface area (Å²) in [5.74, 6) is 0. The van der Waals surface area contributed by atoms with Gasteiger partial charge in [-0.1, -0.05) is 12.2 Å². The molecule has 0 unspecified atom stereocenters. The first-order valence-corrected chi connectivity index (χ1v) is 3.36. The molecule has 55 valence electrons. The van der Waals surface area contributed by atoms with Crippen molar-refractivity contribution in [2.24, 2.45) is 0 Å². The highest BCUT2D eigenvalue weighted by molar-refractivity contribution is 5.26. The Hall–Kier alpha value is -0.760. The third kappa shape index (κ3) is 1.61. The van der Waals surface area contributed by atoms with Crippen LogP contribution in [0.2, 0.25) is 0 Å². The average Bonchev–Trinajstić information content (AvgIpc) is 1.88. The van der Waals surface area contributed by atoms with Gasteiger partial charge in [0.1, 0.15) is 0 Å². The Balaban J connectivity index is 2.73. The van der Waals surface area contributed by atoms with Crippen LogP contribution in [0.15, 0.2) is 17.7 Å². The molecule has 0 aliphatic carbocycles. The lowest BCUT2D eigenvalue weighted by Gasteiger charge is -2.20. The first kappa shape index (κ1) is 7.35. The topological polar surface area (TPSA) is 32.3 Å². The fourth-order valence-corrected chi connectivity index (χ4v) is 0.781. The van der Waals surface area contributed by atoms with E-state index in [-0.39, 0.29) is 0 Å². The minimum atomic E-state index is -0.774. The van der Waals surface area contributed by atoms with Crippen molar-refractivity contribution in [3.63, 3.8) is 0 Å². The van der Waals surface area contributed by atoms with Crippen molar-refractivity contribution >= 4 is 0 Å². The zero-order valence-corrected chi connectivity index (χ0v) is 6.31. The predicted octanol–water partition coefficient (Wildman–Crippen LogP) is 0.604. The lowest BCUT2D eigenvalue weighted by atomic mass is 9.98. The lowest BCUT2D eigenvalue weighted by Crippen LogP contribution is -2.25. The fraction of sp³-hybridized carbons (Fsp3) is 0.500. The zero-order chi connectivity index (χ0) is 7.61. The van der Waals surface area contributed by atoms with E-state index in [0.29, 0.717) is 0 Å². The molecular weight excluding hydrogens is 126 g/mol. The molecule has 1 radical (unpaired) electrons. The molecule has 0 aromatic rings. The predicted molar refractivity (Wildman–Crippen MR) is 40.2 cm³/mol. The van der Waals surface area contributed by atoms with E-state index in [9.17, 15) is 5.11 Å². The maximum Gasteiger partial charge on any atom is 0.0861 e. The number of dihydropyridines is 1. The Labute approximate surface area is 61.3 Å². The van der Waals surface area contributed by atoms with Crippen molar-refractivity contribution in [2.45, 2.75) is 19.4 Å². The van der Waals surface area contributed by atoms with E-state index >= 15 is 0 Å². The third-order valence-corrected chi connectivity index (χ3v) is 1.39. The Morgan fingerprint density at radius 2 is 2.40 bits per heavy atom. The average molecular weight is 138 g/mol. The number of hydrogen-bond acceptors (Lipinski definition) is 2. The van der Waals surface area contributed by atoms with E-state index in [1.807, 2.05) is 12.2 Å². The van der Waals surface area contributed by atoms with Crippen molar-refractivity contribution in [1.82, 2.24) is 5.32 Å². The van der Waals surface area contributed by atoms with Gasteiger partial charge in [0.25, 0.3) is 0 Å². The van der Waals surface area contributed by atoms with Gasteiger partial charge in [-0.25, -0.2) is 0 Å². The zero-order valence-electron chi connectivity index (χ0n) is 6.31. The molecule has 1 rings (SSSR count). The number of aliphatic hydroxyl groups is 1. The molecule has 2 heteroatoms. The van der Waals surface area contributed by atoms with Gasteiger partial charge in [-0.15, -0.1) is 0 Å². The molecule has 0 saturated heterocycles. The van der Waals surface area contributed by atoms with Gasteiger partial charge in [0.15, 0.2) is 0 Å². The van der Waals surface area contributed by atoms with Gasteiger partial charge in [-0.3, -0.25) is 0 Å². The standard InChI is InChI=1S/C8H12NO/c1-8(2,10)7-4-3-5-9-6-7/h3-4,9-10H,5H2,1-2H3. The quantitative estimate of drug-likeness (QED) is 0.556. The second-order valence-electron chi connectivity index (χ2n) is 2.88. The molecule has 2 N–H and O–H groups in total. The normalized spacial score (nSPS) is 18.1. The second kappa shape index (κ2) is 2.46. The van der Waals surface area contributed by atoms with Crippen LogP contribution in [0.4, 0.5) is 0 Å². The van der Waals surface area contributed by atoms with Gasteiger partial charge < -0.3 is 10.4 Å². The van der Waals surface area contributed by atoms with Crippen molar-refractivity contribution in [3.8, 4) is 0 Å². The Morgan fingerprint density at radius 1 is 1.70 bits per heavy atom. The largest absolute Gasteiger partial charge is 0.386 e. The molecule has 1 heterocycles. The summed E-state index contributed by atoms with van der Waals surface area (Å²) in [6, 6.07) is 0. The van der Waals surface area contributed by atoms with E-state index in [4.69, 9.17) is 0 Å². The number of rotatable bonds is 1. The molecule has 0 aromatic carbocycles. The first-order valence-electron chi connectivity index (χ1n) is 3.36. The molecule has 1 aliphatic rings. The molecule has 0 saturated carbocycles. The van der Waals surface area contributed by atoms with Crippen LogP contribution in [-0.2, 0) is 0 Å². The van der Waals surface area contributed by atoms with Gasteiger partial charge >= 0.3 is 0 Å². The van der Waals surface area contributed by atoms with E-state index in [2.05, 4.69) is 11.5 Å². The molecule has 0 amide bonds. The molecule has 1 aliphatic heterocycles. The summed E-state index contributed by atoms with van der Waals surface area (Å²) < 4.78 is 0. The van der Waals surface area contributed by atoms with Crippen molar-refractivity contribution in [3.05, 3.63) is 23.9 Å². The van der Waals surface area contributed by atoms with Crippen LogP contribution in [0.3, 0.4) is 0 Å². The van der Waals surface area contributed by atoms with E-state index < -0.39 is 5.60 Å². The molecule has 0 aromatic heterocycles. The van der Waals surface area contributed by atoms with Crippen molar-refractivity contribution in [1.29, 1.82) is 0 Å². The van der Waals surface area contributed by atoms with Gasteiger partial charge in [0.2, 0.25) is 0 Å².